The Balaban J connectivity index is 1.55. The van der Waals surface area contributed by atoms with Gasteiger partial charge in [0.1, 0.15) is 5.75 Å². The number of methoxy groups -OCH3 is 1. The van der Waals surface area contributed by atoms with Gasteiger partial charge >= 0.3 is 0 Å². The van der Waals surface area contributed by atoms with Crippen molar-refractivity contribution in [3.8, 4) is 17.0 Å². The van der Waals surface area contributed by atoms with E-state index in [1.54, 1.807) is 38.8 Å². The minimum absolute atomic E-state index is 0.0628. The van der Waals surface area contributed by atoms with Crippen molar-refractivity contribution in [2.24, 2.45) is 7.05 Å². The number of aromatic nitrogens is 3. The molecule has 7 heteroatoms. The molecule has 0 saturated carbocycles. The molecule has 0 spiro atoms. The number of hydrogen-bond donors (Lipinski definition) is 0. The third-order valence-electron chi connectivity index (χ3n) is 5.48. The first-order valence-electron chi connectivity index (χ1n) is 9.97. The van der Waals surface area contributed by atoms with E-state index in [-0.39, 0.29) is 17.4 Å². The summed E-state index contributed by atoms with van der Waals surface area (Å²) >= 11 is 0. The summed E-state index contributed by atoms with van der Waals surface area (Å²) in [6.07, 6.45) is 6.97. The molecule has 1 aromatic carbocycles. The summed E-state index contributed by atoms with van der Waals surface area (Å²) in [5.41, 5.74) is 3.00. The smallest absolute Gasteiger partial charge is 0.255 e. The van der Waals surface area contributed by atoms with Crippen LogP contribution in [-0.2, 0) is 7.05 Å². The molecule has 154 valence electrons. The van der Waals surface area contributed by atoms with Crippen LogP contribution in [0.25, 0.3) is 11.3 Å². The maximum atomic E-state index is 13.0. The molecule has 1 unspecified atom stereocenters. The van der Waals surface area contributed by atoms with Gasteiger partial charge in [0.05, 0.1) is 30.3 Å². The van der Waals surface area contributed by atoms with Crippen LogP contribution in [-0.4, -0.2) is 45.5 Å². The van der Waals surface area contributed by atoms with Crippen molar-refractivity contribution in [1.82, 2.24) is 19.4 Å². The number of likely N-dealkylation sites (tertiary alicyclic amines) is 1. The van der Waals surface area contributed by atoms with Crippen molar-refractivity contribution in [1.29, 1.82) is 0 Å². The SMILES string of the molecule is COc1cccc(-c2cncc(C3CCCN(C(=O)c4ccc(=O)n(C)c4)C3)n2)c1. The minimum Gasteiger partial charge on any atom is -0.497 e. The number of benzene rings is 1. The molecule has 7 nitrogen and oxygen atoms in total. The first-order chi connectivity index (χ1) is 14.5. The molecule has 2 aromatic heterocycles. The molecule has 30 heavy (non-hydrogen) atoms. The first-order valence-corrected chi connectivity index (χ1v) is 9.97. The zero-order valence-electron chi connectivity index (χ0n) is 17.1. The lowest BCUT2D eigenvalue weighted by Crippen LogP contribution is -2.39. The number of piperidine rings is 1. The van der Waals surface area contributed by atoms with Gasteiger partial charge in [0.25, 0.3) is 5.91 Å². The lowest BCUT2D eigenvalue weighted by atomic mass is 9.94. The molecule has 0 radical (unpaired) electrons. The third kappa shape index (κ3) is 4.10. The van der Waals surface area contributed by atoms with Gasteiger partial charge in [-0.3, -0.25) is 14.6 Å². The van der Waals surface area contributed by atoms with Crippen LogP contribution in [0.5, 0.6) is 5.75 Å². The minimum atomic E-state index is -0.132. The van der Waals surface area contributed by atoms with Crippen molar-refractivity contribution < 1.29 is 9.53 Å². The average Bonchev–Trinajstić information content (AvgIpc) is 2.80. The van der Waals surface area contributed by atoms with Crippen LogP contribution in [0, 0.1) is 0 Å². The highest BCUT2D eigenvalue weighted by molar-refractivity contribution is 5.94. The molecule has 1 saturated heterocycles. The van der Waals surface area contributed by atoms with Gasteiger partial charge in [-0.15, -0.1) is 0 Å². The van der Waals surface area contributed by atoms with Crippen LogP contribution < -0.4 is 10.3 Å². The standard InChI is InChI=1S/C23H24N4O3/c1-26-14-18(8-9-22(26)28)23(29)27-10-4-6-17(15-27)21-13-24-12-20(25-21)16-5-3-7-19(11-16)30-2/h3,5,7-9,11-14,17H,4,6,10,15H2,1-2H3. The average molecular weight is 404 g/mol. The Kier molecular flexibility index (Phi) is 5.61. The monoisotopic (exact) mass is 404 g/mol. The summed E-state index contributed by atoms with van der Waals surface area (Å²) in [5.74, 6) is 0.826. The second kappa shape index (κ2) is 8.49. The second-order valence-corrected chi connectivity index (χ2v) is 7.52. The highest BCUT2D eigenvalue weighted by Crippen LogP contribution is 2.28. The van der Waals surface area contributed by atoms with Gasteiger partial charge in [0, 0.05) is 50.1 Å². The van der Waals surface area contributed by atoms with E-state index >= 15 is 0 Å². The van der Waals surface area contributed by atoms with E-state index in [9.17, 15) is 9.59 Å². The molecule has 0 N–H and O–H groups in total. The van der Waals surface area contributed by atoms with Gasteiger partial charge in [0.2, 0.25) is 5.56 Å². The van der Waals surface area contributed by atoms with E-state index in [0.29, 0.717) is 18.7 Å². The lowest BCUT2D eigenvalue weighted by Gasteiger charge is -2.32. The number of carbonyl (C=O) groups excluding carboxylic acids is 1. The fraction of sp³-hybridized carbons (Fsp3) is 0.304. The van der Waals surface area contributed by atoms with Crippen LogP contribution in [0.4, 0.5) is 0 Å². The molecule has 0 aliphatic carbocycles. The van der Waals surface area contributed by atoms with E-state index in [0.717, 1.165) is 35.5 Å². The topological polar surface area (TPSA) is 77.3 Å². The number of ether oxygens (including phenoxy) is 1. The molecule has 0 bridgehead atoms. The zero-order valence-corrected chi connectivity index (χ0v) is 17.1. The fourth-order valence-electron chi connectivity index (χ4n) is 3.81. The largest absolute Gasteiger partial charge is 0.497 e. The number of hydrogen-bond acceptors (Lipinski definition) is 5. The van der Waals surface area contributed by atoms with Crippen molar-refractivity contribution in [3.63, 3.8) is 0 Å². The Hall–Kier alpha value is -3.48. The highest BCUT2D eigenvalue weighted by Gasteiger charge is 2.27. The lowest BCUT2D eigenvalue weighted by molar-refractivity contribution is 0.0705. The van der Waals surface area contributed by atoms with E-state index in [2.05, 4.69) is 4.98 Å². The van der Waals surface area contributed by atoms with Crippen LogP contribution in [0.3, 0.4) is 0 Å². The normalized spacial score (nSPS) is 16.3. The zero-order chi connectivity index (χ0) is 21.1. The van der Waals surface area contributed by atoms with Crippen LogP contribution in [0.1, 0.15) is 34.8 Å². The molecule has 1 fully saturated rings. The maximum absolute atomic E-state index is 13.0. The van der Waals surface area contributed by atoms with Gasteiger partial charge in [-0.2, -0.15) is 0 Å². The molecule has 3 aromatic rings. The van der Waals surface area contributed by atoms with Crippen molar-refractivity contribution in [3.05, 3.63) is 76.6 Å². The van der Waals surface area contributed by atoms with Gasteiger partial charge in [0.15, 0.2) is 0 Å². The number of rotatable bonds is 4. The number of nitrogens with zero attached hydrogens (tertiary/aromatic N) is 4. The van der Waals surface area contributed by atoms with Gasteiger partial charge in [-0.25, -0.2) is 4.98 Å². The summed E-state index contributed by atoms with van der Waals surface area (Å²) in [6.45, 7) is 1.28. The third-order valence-corrected chi connectivity index (χ3v) is 5.48. The molecule has 1 aliphatic rings. The predicted octanol–water partition coefficient (Wildman–Crippen LogP) is 2.87. The van der Waals surface area contributed by atoms with Gasteiger partial charge in [-0.05, 0) is 31.0 Å². The summed E-state index contributed by atoms with van der Waals surface area (Å²) in [4.78, 5) is 35.6. The van der Waals surface area contributed by atoms with Crippen LogP contribution in [0.2, 0.25) is 0 Å². The molecular formula is C23H24N4O3. The Labute approximate surface area is 175 Å². The molecule has 1 atom stereocenters. The molecule has 1 amide bonds. The summed E-state index contributed by atoms with van der Waals surface area (Å²) in [6, 6.07) is 10.8. The predicted molar refractivity (Wildman–Crippen MR) is 114 cm³/mol. The summed E-state index contributed by atoms with van der Waals surface area (Å²) < 4.78 is 6.74. The van der Waals surface area contributed by atoms with Crippen LogP contribution in [0.15, 0.2) is 59.8 Å². The van der Waals surface area contributed by atoms with Crippen molar-refractivity contribution >= 4 is 5.91 Å². The van der Waals surface area contributed by atoms with E-state index < -0.39 is 0 Å². The number of aryl methyl sites for hydroxylation is 1. The summed E-state index contributed by atoms with van der Waals surface area (Å²) in [7, 11) is 3.29. The van der Waals surface area contributed by atoms with Crippen molar-refractivity contribution in [2.75, 3.05) is 20.2 Å². The Bertz CT molecular complexity index is 1130. The first kappa shape index (κ1) is 19.8. The summed E-state index contributed by atoms with van der Waals surface area (Å²) in [5, 5.41) is 0. The highest BCUT2D eigenvalue weighted by atomic mass is 16.5. The Morgan fingerprint density at radius 3 is 2.87 bits per heavy atom. The maximum Gasteiger partial charge on any atom is 0.255 e. The molecule has 4 rings (SSSR count). The number of carbonyl (C=O) groups is 1. The van der Waals surface area contributed by atoms with E-state index in [1.165, 1.54) is 10.6 Å². The Morgan fingerprint density at radius 2 is 2.07 bits per heavy atom. The molecular weight excluding hydrogens is 380 g/mol. The molecule has 1 aliphatic heterocycles. The molecule has 3 heterocycles. The van der Waals surface area contributed by atoms with Gasteiger partial charge < -0.3 is 14.2 Å². The number of amides is 1. The van der Waals surface area contributed by atoms with E-state index in [4.69, 9.17) is 9.72 Å². The van der Waals surface area contributed by atoms with E-state index in [1.807, 2.05) is 29.2 Å². The fourth-order valence-corrected chi connectivity index (χ4v) is 3.81. The quantitative estimate of drug-likeness (QED) is 0.668. The van der Waals surface area contributed by atoms with Crippen molar-refractivity contribution in [2.45, 2.75) is 18.8 Å². The second-order valence-electron chi connectivity index (χ2n) is 7.52. The number of pyridine rings is 1. The van der Waals surface area contributed by atoms with Crippen LogP contribution >= 0.6 is 0 Å². The van der Waals surface area contributed by atoms with Gasteiger partial charge in [-0.1, -0.05) is 12.1 Å². The Morgan fingerprint density at radius 1 is 1.20 bits per heavy atom.